The summed E-state index contributed by atoms with van der Waals surface area (Å²) in [5.41, 5.74) is 8.23. The summed E-state index contributed by atoms with van der Waals surface area (Å²) in [7, 11) is 0. The van der Waals surface area contributed by atoms with Gasteiger partial charge in [-0.05, 0) is 64.2 Å². The number of anilines is 1. The third kappa shape index (κ3) is 3.85. The van der Waals surface area contributed by atoms with Crippen LogP contribution in [0.2, 0.25) is 0 Å². The molecule has 2 N–H and O–H groups in total. The molecule has 0 heterocycles. The Labute approximate surface area is 139 Å². The summed E-state index contributed by atoms with van der Waals surface area (Å²) in [6, 6.07) is 17.5. The van der Waals surface area contributed by atoms with Gasteiger partial charge in [-0.25, -0.2) is 0 Å². The van der Waals surface area contributed by atoms with Gasteiger partial charge >= 0.3 is 0 Å². The Morgan fingerprint density at radius 2 is 1.57 bits per heavy atom. The lowest BCUT2D eigenvalue weighted by atomic mass is 9.96. The maximum Gasteiger partial charge on any atom is 0.0320 e. The zero-order valence-electron chi connectivity index (χ0n) is 14.1. The van der Waals surface area contributed by atoms with Crippen molar-refractivity contribution in [3.05, 3.63) is 54.1 Å². The normalized spacial score (nSPS) is 11.3. The summed E-state index contributed by atoms with van der Waals surface area (Å²) in [5.74, 6) is 0. The second-order valence-electron chi connectivity index (χ2n) is 6.61. The van der Waals surface area contributed by atoms with E-state index in [1.165, 1.54) is 72.1 Å². The average molecular weight is 305 g/mol. The molecule has 1 nitrogen and oxygen atoms in total. The topological polar surface area (TPSA) is 26.0 Å². The fraction of sp³-hybridized carbons (Fsp3) is 0.364. The molecule has 0 amide bonds. The minimum Gasteiger partial charge on any atom is -0.399 e. The third-order valence-electron chi connectivity index (χ3n) is 4.75. The Balaban J connectivity index is 1.79. The first kappa shape index (κ1) is 15.9. The predicted octanol–water partition coefficient (Wildman–Crippen LogP) is 6.48. The Bertz CT molecular complexity index is 788. The van der Waals surface area contributed by atoms with E-state index < -0.39 is 0 Å². The van der Waals surface area contributed by atoms with Crippen LogP contribution in [0.1, 0.15) is 51.0 Å². The van der Waals surface area contributed by atoms with Crippen LogP contribution in [-0.2, 0) is 6.42 Å². The van der Waals surface area contributed by atoms with Crippen LogP contribution in [-0.4, -0.2) is 0 Å². The van der Waals surface area contributed by atoms with Crippen LogP contribution in [0.3, 0.4) is 0 Å². The number of hydrogen-bond acceptors (Lipinski definition) is 1. The Kier molecular flexibility index (Phi) is 5.17. The molecule has 0 unspecified atom stereocenters. The number of hydrogen-bond donors (Lipinski definition) is 1. The van der Waals surface area contributed by atoms with E-state index in [4.69, 9.17) is 5.73 Å². The summed E-state index contributed by atoms with van der Waals surface area (Å²) in [5, 5.41) is 5.24. The van der Waals surface area contributed by atoms with Gasteiger partial charge in [0.25, 0.3) is 0 Å². The molecule has 3 aromatic rings. The van der Waals surface area contributed by atoms with Crippen LogP contribution in [0, 0.1) is 0 Å². The lowest BCUT2D eigenvalue weighted by molar-refractivity contribution is 0.608. The van der Waals surface area contributed by atoms with Crippen molar-refractivity contribution < 1.29 is 0 Å². The van der Waals surface area contributed by atoms with Crippen molar-refractivity contribution >= 4 is 27.2 Å². The van der Waals surface area contributed by atoms with Gasteiger partial charge in [-0.3, -0.25) is 0 Å². The lowest BCUT2D eigenvalue weighted by Crippen LogP contribution is -1.90. The number of nitrogen functional groups attached to an aromatic ring is 1. The molecule has 0 saturated heterocycles. The quantitative estimate of drug-likeness (QED) is 0.302. The van der Waals surface area contributed by atoms with Crippen LogP contribution in [0.4, 0.5) is 5.69 Å². The van der Waals surface area contributed by atoms with Gasteiger partial charge in [-0.1, -0.05) is 63.3 Å². The second-order valence-corrected chi connectivity index (χ2v) is 6.61. The lowest BCUT2D eigenvalue weighted by Gasteiger charge is -2.09. The van der Waals surface area contributed by atoms with Crippen molar-refractivity contribution in [1.29, 1.82) is 0 Å². The van der Waals surface area contributed by atoms with Gasteiger partial charge in [0.05, 0.1) is 0 Å². The average Bonchev–Trinajstić information content (AvgIpc) is 2.56. The predicted molar refractivity (Wildman–Crippen MR) is 103 cm³/mol. The third-order valence-corrected chi connectivity index (χ3v) is 4.75. The molecule has 0 aliphatic carbocycles. The summed E-state index contributed by atoms with van der Waals surface area (Å²) in [4.78, 5) is 0. The van der Waals surface area contributed by atoms with Gasteiger partial charge in [0, 0.05) is 5.69 Å². The number of unbranched alkanes of at least 4 members (excludes halogenated alkanes) is 5. The van der Waals surface area contributed by atoms with Gasteiger partial charge in [0.1, 0.15) is 0 Å². The van der Waals surface area contributed by atoms with E-state index in [1.807, 2.05) is 6.07 Å². The maximum absolute atomic E-state index is 5.91. The summed E-state index contributed by atoms with van der Waals surface area (Å²) < 4.78 is 0. The molecule has 0 aliphatic heterocycles. The van der Waals surface area contributed by atoms with E-state index in [9.17, 15) is 0 Å². The highest BCUT2D eigenvalue weighted by atomic mass is 14.5. The zero-order valence-corrected chi connectivity index (χ0v) is 14.1. The minimum absolute atomic E-state index is 0.833. The maximum atomic E-state index is 5.91. The van der Waals surface area contributed by atoms with Crippen molar-refractivity contribution in [3.63, 3.8) is 0 Å². The molecule has 0 spiro atoms. The molecule has 1 heteroatoms. The monoisotopic (exact) mass is 305 g/mol. The first-order valence-corrected chi connectivity index (χ1v) is 8.99. The number of aryl methyl sites for hydroxylation is 1. The van der Waals surface area contributed by atoms with Crippen LogP contribution < -0.4 is 5.73 Å². The SMILES string of the molecule is CCCCCCCCc1cccc2cc3cc(N)ccc3cc12. The van der Waals surface area contributed by atoms with Crippen LogP contribution in [0.5, 0.6) is 0 Å². The summed E-state index contributed by atoms with van der Waals surface area (Å²) >= 11 is 0. The number of rotatable bonds is 7. The van der Waals surface area contributed by atoms with Gasteiger partial charge in [-0.15, -0.1) is 0 Å². The molecular formula is C22H27N. The van der Waals surface area contributed by atoms with Crippen LogP contribution >= 0.6 is 0 Å². The first-order valence-electron chi connectivity index (χ1n) is 8.99. The largest absolute Gasteiger partial charge is 0.399 e. The smallest absolute Gasteiger partial charge is 0.0320 e. The van der Waals surface area contributed by atoms with Crippen molar-refractivity contribution in [2.45, 2.75) is 51.9 Å². The van der Waals surface area contributed by atoms with E-state index in [2.05, 4.69) is 49.4 Å². The van der Waals surface area contributed by atoms with Crippen molar-refractivity contribution in [2.75, 3.05) is 5.73 Å². The van der Waals surface area contributed by atoms with Gasteiger partial charge in [0.2, 0.25) is 0 Å². The molecule has 0 aromatic heterocycles. The van der Waals surface area contributed by atoms with Crippen molar-refractivity contribution in [1.82, 2.24) is 0 Å². The van der Waals surface area contributed by atoms with E-state index in [1.54, 1.807) is 0 Å². The Morgan fingerprint density at radius 3 is 2.43 bits per heavy atom. The van der Waals surface area contributed by atoms with E-state index in [0.29, 0.717) is 0 Å². The molecule has 23 heavy (non-hydrogen) atoms. The van der Waals surface area contributed by atoms with Gasteiger partial charge in [0.15, 0.2) is 0 Å². The Hall–Kier alpha value is -2.02. The molecule has 0 saturated carbocycles. The molecule has 0 radical (unpaired) electrons. The Morgan fingerprint density at radius 1 is 0.739 bits per heavy atom. The molecule has 120 valence electrons. The first-order chi connectivity index (χ1) is 11.3. The van der Waals surface area contributed by atoms with Crippen molar-refractivity contribution in [3.8, 4) is 0 Å². The fourth-order valence-electron chi connectivity index (χ4n) is 3.42. The van der Waals surface area contributed by atoms with Gasteiger partial charge in [-0.2, -0.15) is 0 Å². The molecule has 3 rings (SSSR count). The fourth-order valence-corrected chi connectivity index (χ4v) is 3.42. The summed E-state index contributed by atoms with van der Waals surface area (Å²) in [6.07, 6.45) is 9.29. The van der Waals surface area contributed by atoms with Crippen LogP contribution in [0.15, 0.2) is 48.5 Å². The van der Waals surface area contributed by atoms with E-state index in [-0.39, 0.29) is 0 Å². The molecule has 0 aliphatic rings. The number of nitrogens with two attached hydrogens (primary N) is 1. The second kappa shape index (κ2) is 7.50. The molecule has 3 aromatic carbocycles. The van der Waals surface area contributed by atoms with Crippen molar-refractivity contribution in [2.24, 2.45) is 0 Å². The highest BCUT2D eigenvalue weighted by molar-refractivity contribution is 6.00. The molecular weight excluding hydrogens is 278 g/mol. The molecule has 0 bridgehead atoms. The standard InChI is InChI=1S/C22H27N/c1-2-3-4-5-6-7-9-17-10-8-11-19-14-20-15-21(23)13-12-18(20)16-22(17)19/h8,10-16H,2-7,9,23H2,1H3. The number of fused-ring (bicyclic) bond motifs is 2. The van der Waals surface area contributed by atoms with E-state index >= 15 is 0 Å². The van der Waals surface area contributed by atoms with Crippen LogP contribution in [0.25, 0.3) is 21.5 Å². The molecule has 0 fully saturated rings. The molecule has 0 atom stereocenters. The number of benzene rings is 3. The zero-order chi connectivity index (χ0) is 16.1. The highest BCUT2D eigenvalue weighted by Crippen LogP contribution is 2.27. The van der Waals surface area contributed by atoms with Gasteiger partial charge < -0.3 is 5.73 Å². The van der Waals surface area contributed by atoms with E-state index in [0.717, 1.165) is 5.69 Å². The highest BCUT2D eigenvalue weighted by Gasteiger charge is 2.04. The summed E-state index contributed by atoms with van der Waals surface area (Å²) in [6.45, 7) is 2.27. The minimum atomic E-state index is 0.833.